The molecule has 0 radical (unpaired) electrons. The Hall–Kier alpha value is -1.03. The molecule has 0 aliphatic carbocycles. The van der Waals surface area contributed by atoms with Gasteiger partial charge in [0, 0.05) is 16.3 Å². The van der Waals surface area contributed by atoms with Crippen LogP contribution < -0.4 is 5.32 Å². The molecule has 0 spiro atoms. The maximum absolute atomic E-state index is 12.8. The van der Waals surface area contributed by atoms with Crippen molar-refractivity contribution in [2.24, 2.45) is 0 Å². The van der Waals surface area contributed by atoms with Crippen molar-refractivity contribution < 1.29 is 4.39 Å². The Labute approximate surface area is 115 Å². The van der Waals surface area contributed by atoms with Gasteiger partial charge in [-0.15, -0.1) is 0 Å². The van der Waals surface area contributed by atoms with Gasteiger partial charge >= 0.3 is 0 Å². The highest BCUT2D eigenvalue weighted by atomic mass is 35.5. The Bertz CT molecular complexity index is 528. The van der Waals surface area contributed by atoms with Gasteiger partial charge in [-0.3, -0.25) is 0 Å². The number of hydrogen-bond acceptors (Lipinski definition) is 2. The Morgan fingerprint density at radius 2 is 1.89 bits per heavy atom. The molecule has 0 aliphatic rings. The fraction of sp³-hybridized carbons (Fsp3) is 0.143. The van der Waals surface area contributed by atoms with Crippen LogP contribution in [-0.4, -0.2) is 7.05 Å². The monoisotopic (exact) mass is 281 g/mol. The van der Waals surface area contributed by atoms with Crippen LogP contribution in [-0.2, 0) is 6.54 Å². The predicted octanol–water partition coefficient (Wildman–Crippen LogP) is 4.35. The van der Waals surface area contributed by atoms with Gasteiger partial charge in [0.15, 0.2) is 0 Å². The summed E-state index contributed by atoms with van der Waals surface area (Å²) in [5.74, 6) is -0.227. The largest absolute Gasteiger partial charge is 0.316 e. The van der Waals surface area contributed by atoms with E-state index in [-0.39, 0.29) is 5.82 Å². The van der Waals surface area contributed by atoms with Gasteiger partial charge in [0.25, 0.3) is 0 Å². The SMILES string of the molecule is CNCc1ccc(Sc2ccc(F)cc2)c(Cl)c1. The molecule has 0 saturated heterocycles. The van der Waals surface area contributed by atoms with Crippen molar-refractivity contribution in [3.63, 3.8) is 0 Å². The second-order valence-corrected chi connectivity index (χ2v) is 5.37. The van der Waals surface area contributed by atoms with Crippen LogP contribution in [0, 0.1) is 5.82 Å². The molecule has 2 aromatic carbocycles. The van der Waals surface area contributed by atoms with Crippen molar-refractivity contribution in [2.75, 3.05) is 7.05 Å². The lowest BCUT2D eigenvalue weighted by Crippen LogP contribution is -2.04. The first kappa shape index (κ1) is 13.4. The summed E-state index contributed by atoms with van der Waals surface area (Å²) in [6.07, 6.45) is 0. The van der Waals surface area contributed by atoms with Crippen molar-refractivity contribution in [3.8, 4) is 0 Å². The van der Waals surface area contributed by atoms with Gasteiger partial charge in [-0.25, -0.2) is 4.39 Å². The first-order valence-corrected chi connectivity index (χ1v) is 6.75. The lowest BCUT2D eigenvalue weighted by molar-refractivity contribution is 0.626. The number of hydrogen-bond donors (Lipinski definition) is 1. The van der Waals surface area contributed by atoms with Crippen LogP contribution in [0.1, 0.15) is 5.56 Å². The molecule has 4 heteroatoms. The number of halogens is 2. The van der Waals surface area contributed by atoms with Crippen molar-refractivity contribution >= 4 is 23.4 Å². The Kier molecular flexibility index (Phi) is 4.64. The Morgan fingerprint density at radius 1 is 1.17 bits per heavy atom. The van der Waals surface area contributed by atoms with Gasteiger partial charge in [-0.1, -0.05) is 29.4 Å². The topological polar surface area (TPSA) is 12.0 Å². The molecular weight excluding hydrogens is 269 g/mol. The summed E-state index contributed by atoms with van der Waals surface area (Å²) in [7, 11) is 1.90. The number of rotatable bonds is 4. The van der Waals surface area contributed by atoms with Crippen LogP contribution >= 0.6 is 23.4 Å². The van der Waals surface area contributed by atoms with Gasteiger partial charge in [0.2, 0.25) is 0 Å². The summed E-state index contributed by atoms with van der Waals surface area (Å²) in [6, 6.07) is 12.4. The Morgan fingerprint density at radius 3 is 2.50 bits per heavy atom. The third-order valence-electron chi connectivity index (χ3n) is 2.42. The molecule has 0 amide bonds. The number of benzene rings is 2. The lowest BCUT2D eigenvalue weighted by Gasteiger charge is -2.07. The third-order valence-corrected chi connectivity index (χ3v) is 3.93. The zero-order chi connectivity index (χ0) is 13.0. The standard InChI is InChI=1S/C14H13ClFNS/c1-17-9-10-2-7-14(13(15)8-10)18-12-5-3-11(16)4-6-12/h2-8,17H,9H2,1H3. The summed E-state index contributed by atoms with van der Waals surface area (Å²) in [5, 5.41) is 3.80. The van der Waals surface area contributed by atoms with Crippen molar-refractivity contribution in [2.45, 2.75) is 16.3 Å². The summed E-state index contributed by atoms with van der Waals surface area (Å²) < 4.78 is 12.8. The maximum Gasteiger partial charge on any atom is 0.123 e. The molecule has 0 fully saturated rings. The van der Waals surface area contributed by atoms with E-state index in [1.165, 1.54) is 23.9 Å². The maximum atomic E-state index is 12.8. The van der Waals surface area contributed by atoms with Crippen molar-refractivity contribution in [3.05, 3.63) is 58.9 Å². The highest BCUT2D eigenvalue weighted by Gasteiger charge is 2.04. The van der Waals surface area contributed by atoms with E-state index in [1.807, 2.05) is 25.2 Å². The molecule has 0 heterocycles. The zero-order valence-corrected chi connectivity index (χ0v) is 11.5. The molecule has 18 heavy (non-hydrogen) atoms. The van der Waals surface area contributed by atoms with Crippen LogP contribution in [0.3, 0.4) is 0 Å². The van der Waals surface area contributed by atoms with Gasteiger partial charge in [-0.05, 0) is 49.0 Å². The highest BCUT2D eigenvalue weighted by Crippen LogP contribution is 2.33. The second kappa shape index (κ2) is 6.23. The third kappa shape index (κ3) is 3.48. The molecule has 0 aromatic heterocycles. The van der Waals surface area contributed by atoms with Crippen LogP contribution in [0.25, 0.3) is 0 Å². The van der Waals surface area contributed by atoms with Crippen LogP contribution in [0.15, 0.2) is 52.3 Å². The number of nitrogens with one attached hydrogen (secondary N) is 1. The van der Waals surface area contributed by atoms with E-state index >= 15 is 0 Å². The molecule has 0 unspecified atom stereocenters. The average Bonchev–Trinajstić information content (AvgIpc) is 2.36. The summed E-state index contributed by atoms with van der Waals surface area (Å²) >= 11 is 7.75. The van der Waals surface area contributed by atoms with Crippen LogP contribution in [0.2, 0.25) is 5.02 Å². The van der Waals surface area contributed by atoms with Gasteiger partial charge < -0.3 is 5.32 Å². The normalized spacial score (nSPS) is 10.6. The highest BCUT2D eigenvalue weighted by molar-refractivity contribution is 7.99. The molecule has 2 rings (SSSR count). The van der Waals surface area contributed by atoms with E-state index in [0.29, 0.717) is 0 Å². The molecule has 0 bridgehead atoms. The zero-order valence-electron chi connectivity index (χ0n) is 9.91. The van der Waals surface area contributed by atoms with Gasteiger partial charge in [0.05, 0.1) is 5.02 Å². The first-order chi connectivity index (χ1) is 8.69. The van der Waals surface area contributed by atoms with E-state index in [4.69, 9.17) is 11.6 Å². The van der Waals surface area contributed by atoms with E-state index < -0.39 is 0 Å². The summed E-state index contributed by atoms with van der Waals surface area (Å²) in [4.78, 5) is 1.95. The minimum atomic E-state index is -0.227. The fourth-order valence-electron chi connectivity index (χ4n) is 1.57. The minimum Gasteiger partial charge on any atom is -0.316 e. The van der Waals surface area contributed by atoms with E-state index in [2.05, 4.69) is 5.32 Å². The molecule has 1 nitrogen and oxygen atoms in total. The molecule has 2 aromatic rings. The minimum absolute atomic E-state index is 0.227. The fourth-order valence-corrected chi connectivity index (χ4v) is 2.71. The van der Waals surface area contributed by atoms with E-state index in [9.17, 15) is 4.39 Å². The molecule has 94 valence electrons. The van der Waals surface area contributed by atoms with Crippen molar-refractivity contribution in [1.29, 1.82) is 0 Å². The van der Waals surface area contributed by atoms with Crippen LogP contribution in [0.5, 0.6) is 0 Å². The first-order valence-electron chi connectivity index (χ1n) is 5.55. The lowest BCUT2D eigenvalue weighted by atomic mass is 10.2. The molecule has 0 atom stereocenters. The van der Waals surface area contributed by atoms with Gasteiger partial charge in [0.1, 0.15) is 5.82 Å². The smallest absolute Gasteiger partial charge is 0.123 e. The Balaban J connectivity index is 2.16. The summed E-state index contributed by atoms with van der Waals surface area (Å²) in [6.45, 7) is 0.793. The molecular formula is C14H13ClFNS. The van der Waals surface area contributed by atoms with E-state index in [1.54, 1.807) is 12.1 Å². The average molecular weight is 282 g/mol. The second-order valence-electron chi connectivity index (χ2n) is 3.85. The molecule has 0 saturated carbocycles. The van der Waals surface area contributed by atoms with E-state index in [0.717, 1.165) is 26.9 Å². The van der Waals surface area contributed by atoms with Gasteiger partial charge in [-0.2, -0.15) is 0 Å². The van der Waals surface area contributed by atoms with Crippen molar-refractivity contribution in [1.82, 2.24) is 5.32 Å². The molecule has 1 N–H and O–H groups in total. The molecule has 0 aliphatic heterocycles. The predicted molar refractivity (Wildman–Crippen MR) is 74.7 cm³/mol. The quantitative estimate of drug-likeness (QED) is 0.894. The van der Waals surface area contributed by atoms with Crippen LogP contribution in [0.4, 0.5) is 4.39 Å². The summed E-state index contributed by atoms with van der Waals surface area (Å²) in [5.41, 5.74) is 1.14.